The summed E-state index contributed by atoms with van der Waals surface area (Å²) < 4.78 is 11.0. The molecule has 3 nitrogen and oxygen atoms in total. The third-order valence-electron chi connectivity index (χ3n) is 3.71. The van der Waals surface area contributed by atoms with E-state index in [9.17, 15) is 0 Å². The zero-order chi connectivity index (χ0) is 12.5. The van der Waals surface area contributed by atoms with Gasteiger partial charge in [0, 0.05) is 19.8 Å². The Labute approximate surface area is 106 Å². The van der Waals surface area contributed by atoms with Gasteiger partial charge in [-0.05, 0) is 38.6 Å². The molecule has 0 bridgehead atoms. The van der Waals surface area contributed by atoms with E-state index < -0.39 is 0 Å². The molecule has 3 heteroatoms. The van der Waals surface area contributed by atoms with Crippen LogP contribution in [0.25, 0.3) is 0 Å². The highest BCUT2D eigenvalue weighted by Gasteiger charge is 2.21. The number of rotatable bonds is 8. The Morgan fingerprint density at radius 3 is 2.35 bits per heavy atom. The van der Waals surface area contributed by atoms with Crippen LogP contribution in [0, 0.1) is 11.8 Å². The van der Waals surface area contributed by atoms with Gasteiger partial charge in [-0.2, -0.15) is 0 Å². The molecule has 1 rings (SSSR count). The number of ether oxygens (including phenoxy) is 2. The van der Waals surface area contributed by atoms with Crippen LogP contribution in [0.1, 0.15) is 46.5 Å². The van der Waals surface area contributed by atoms with Gasteiger partial charge in [-0.25, -0.2) is 0 Å². The fraction of sp³-hybridized carbons (Fsp3) is 1.00. The summed E-state index contributed by atoms with van der Waals surface area (Å²) in [6, 6.07) is 0. The summed E-state index contributed by atoms with van der Waals surface area (Å²) in [5.41, 5.74) is 0. The van der Waals surface area contributed by atoms with E-state index in [0.717, 1.165) is 24.9 Å². The molecule has 0 aliphatic heterocycles. The molecule has 2 atom stereocenters. The maximum absolute atomic E-state index is 5.51. The largest absolute Gasteiger partial charge is 0.352 e. The summed E-state index contributed by atoms with van der Waals surface area (Å²) in [5.74, 6) is 1.71. The van der Waals surface area contributed by atoms with Gasteiger partial charge in [0.15, 0.2) is 6.29 Å². The molecule has 1 fully saturated rings. The number of hydrogen-bond donors (Lipinski definition) is 1. The van der Waals surface area contributed by atoms with Crippen LogP contribution in [-0.4, -0.2) is 32.6 Å². The molecule has 0 radical (unpaired) electrons. The topological polar surface area (TPSA) is 30.5 Å². The molecule has 1 aliphatic carbocycles. The summed E-state index contributed by atoms with van der Waals surface area (Å²) in [5, 5.41) is 3.51. The van der Waals surface area contributed by atoms with Gasteiger partial charge in [-0.1, -0.05) is 26.2 Å². The Kier molecular flexibility index (Phi) is 7.82. The quantitative estimate of drug-likeness (QED) is 0.665. The maximum Gasteiger partial charge on any atom is 0.169 e. The summed E-state index contributed by atoms with van der Waals surface area (Å²) in [7, 11) is 0. The van der Waals surface area contributed by atoms with Crippen molar-refractivity contribution in [2.45, 2.75) is 52.7 Å². The summed E-state index contributed by atoms with van der Waals surface area (Å²) in [6.45, 7) is 9.75. The molecule has 0 aromatic carbocycles. The van der Waals surface area contributed by atoms with Crippen molar-refractivity contribution in [1.29, 1.82) is 0 Å². The van der Waals surface area contributed by atoms with Gasteiger partial charge in [0.2, 0.25) is 0 Å². The Bertz CT molecular complexity index is 181. The molecule has 17 heavy (non-hydrogen) atoms. The lowest BCUT2D eigenvalue weighted by Crippen LogP contribution is -2.36. The van der Waals surface area contributed by atoms with Crippen molar-refractivity contribution in [3.8, 4) is 0 Å². The van der Waals surface area contributed by atoms with Crippen molar-refractivity contribution in [2.75, 3.05) is 26.3 Å². The fourth-order valence-electron chi connectivity index (χ4n) is 2.62. The highest BCUT2D eigenvalue weighted by molar-refractivity contribution is 4.74. The van der Waals surface area contributed by atoms with Crippen LogP contribution in [-0.2, 0) is 9.47 Å². The minimum absolute atomic E-state index is 0.0797. The first-order valence-corrected chi connectivity index (χ1v) is 7.21. The van der Waals surface area contributed by atoms with Gasteiger partial charge >= 0.3 is 0 Å². The Hall–Kier alpha value is -0.120. The molecule has 1 N–H and O–H groups in total. The minimum atomic E-state index is -0.0797. The van der Waals surface area contributed by atoms with Gasteiger partial charge < -0.3 is 14.8 Å². The van der Waals surface area contributed by atoms with Crippen LogP contribution < -0.4 is 5.32 Å². The number of hydrogen-bond acceptors (Lipinski definition) is 3. The monoisotopic (exact) mass is 243 g/mol. The maximum atomic E-state index is 5.51. The van der Waals surface area contributed by atoms with Crippen LogP contribution in [0.2, 0.25) is 0 Å². The van der Waals surface area contributed by atoms with Crippen LogP contribution >= 0.6 is 0 Å². The van der Waals surface area contributed by atoms with Crippen molar-refractivity contribution < 1.29 is 9.47 Å². The standard InChI is InChI=1S/C14H29NO2/c1-4-16-14(17-5-2)11-15-10-13-9-7-6-8-12(13)3/h12-15H,4-11H2,1-3H3. The van der Waals surface area contributed by atoms with Gasteiger partial charge in [0.1, 0.15) is 0 Å². The minimum Gasteiger partial charge on any atom is -0.352 e. The van der Waals surface area contributed by atoms with Crippen molar-refractivity contribution >= 4 is 0 Å². The smallest absolute Gasteiger partial charge is 0.169 e. The highest BCUT2D eigenvalue weighted by Crippen LogP contribution is 2.28. The first-order chi connectivity index (χ1) is 8.27. The van der Waals surface area contributed by atoms with E-state index in [1.54, 1.807) is 0 Å². The summed E-state index contributed by atoms with van der Waals surface area (Å²) in [4.78, 5) is 0. The van der Waals surface area contributed by atoms with Gasteiger partial charge in [-0.15, -0.1) is 0 Å². The van der Waals surface area contributed by atoms with Gasteiger partial charge in [0.25, 0.3) is 0 Å². The van der Waals surface area contributed by atoms with E-state index in [0.29, 0.717) is 13.2 Å². The second-order valence-corrected chi connectivity index (χ2v) is 5.02. The Balaban J connectivity index is 2.15. The predicted octanol–water partition coefficient (Wildman–Crippen LogP) is 2.80. The van der Waals surface area contributed by atoms with Crippen molar-refractivity contribution in [2.24, 2.45) is 11.8 Å². The molecule has 0 aromatic rings. The van der Waals surface area contributed by atoms with E-state index in [2.05, 4.69) is 12.2 Å². The average Bonchev–Trinajstić information content (AvgIpc) is 2.32. The molecule has 0 spiro atoms. The van der Waals surface area contributed by atoms with Gasteiger partial charge in [0.05, 0.1) is 0 Å². The van der Waals surface area contributed by atoms with Crippen molar-refractivity contribution in [1.82, 2.24) is 5.32 Å². The summed E-state index contributed by atoms with van der Waals surface area (Å²) >= 11 is 0. The highest BCUT2D eigenvalue weighted by atomic mass is 16.7. The van der Waals surface area contributed by atoms with E-state index in [1.165, 1.54) is 25.7 Å². The first-order valence-electron chi connectivity index (χ1n) is 7.21. The zero-order valence-corrected chi connectivity index (χ0v) is 11.7. The second-order valence-electron chi connectivity index (χ2n) is 5.02. The van der Waals surface area contributed by atoms with Crippen LogP contribution in [0.15, 0.2) is 0 Å². The molecular formula is C14H29NO2. The van der Waals surface area contributed by atoms with Gasteiger partial charge in [-0.3, -0.25) is 0 Å². The van der Waals surface area contributed by atoms with Crippen LogP contribution in [0.4, 0.5) is 0 Å². The van der Waals surface area contributed by atoms with E-state index >= 15 is 0 Å². The third-order valence-corrected chi connectivity index (χ3v) is 3.71. The molecule has 1 saturated carbocycles. The lowest BCUT2D eigenvalue weighted by Gasteiger charge is -2.29. The van der Waals surface area contributed by atoms with Crippen LogP contribution in [0.5, 0.6) is 0 Å². The zero-order valence-electron chi connectivity index (χ0n) is 11.7. The average molecular weight is 243 g/mol. The van der Waals surface area contributed by atoms with Crippen LogP contribution in [0.3, 0.4) is 0 Å². The molecule has 2 unspecified atom stereocenters. The molecule has 102 valence electrons. The first kappa shape index (κ1) is 14.9. The Morgan fingerprint density at radius 1 is 1.12 bits per heavy atom. The lowest BCUT2D eigenvalue weighted by atomic mass is 9.80. The summed E-state index contributed by atoms with van der Waals surface area (Å²) in [6.07, 6.45) is 5.51. The van der Waals surface area contributed by atoms with E-state index in [1.807, 2.05) is 13.8 Å². The Morgan fingerprint density at radius 2 is 1.76 bits per heavy atom. The number of nitrogens with one attached hydrogen (secondary N) is 1. The van der Waals surface area contributed by atoms with E-state index in [-0.39, 0.29) is 6.29 Å². The molecule has 0 aromatic heterocycles. The molecule has 0 amide bonds. The van der Waals surface area contributed by atoms with E-state index in [4.69, 9.17) is 9.47 Å². The molecule has 1 aliphatic rings. The predicted molar refractivity (Wildman–Crippen MR) is 71.0 cm³/mol. The van der Waals surface area contributed by atoms with Crippen molar-refractivity contribution in [3.05, 3.63) is 0 Å². The second kappa shape index (κ2) is 8.90. The van der Waals surface area contributed by atoms with Crippen molar-refractivity contribution in [3.63, 3.8) is 0 Å². The SMILES string of the molecule is CCOC(CNCC1CCCCC1C)OCC. The third kappa shape index (κ3) is 5.84. The molecule has 0 saturated heterocycles. The molecule has 0 heterocycles. The molecular weight excluding hydrogens is 214 g/mol. The normalized spacial score (nSPS) is 25.4. The fourth-order valence-corrected chi connectivity index (χ4v) is 2.62. The lowest BCUT2D eigenvalue weighted by molar-refractivity contribution is -0.133.